The maximum atomic E-state index is 12.0. The summed E-state index contributed by atoms with van der Waals surface area (Å²) in [5.74, 6) is 0.303. The molecule has 4 nitrogen and oxygen atoms in total. The molecular formula is C17H11Cl2NO3. The molecule has 0 radical (unpaired) electrons. The largest absolute Gasteiger partial charge is 0.496 e. The molecule has 2 aromatic carbocycles. The third-order valence-electron chi connectivity index (χ3n) is 3.22. The number of esters is 1. The lowest BCUT2D eigenvalue weighted by atomic mass is 10.1. The van der Waals surface area contributed by atoms with Gasteiger partial charge < -0.3 is 9.47 Å². The van der Waals surface area contributed by atoms with Crippen molar-refractivity contribution in [1.82, 2.24) is 0 Å². The number of methoxy groups -OCH3 is 1. The molecule has 2 aromatic rings. The Morgan fingerprint density at radius 1 is 1.13 bits per heavy atom. The van der Waals surface area contributed by atoms with E-state index in [0.717, 1.165) is 5.56 Å². The van der Waals surface area contributed by atoms with E-state index in [-0.39, 0.29) is 11.6 Å². The van der Waals surface area contributed by atoms with Crippen LogP contribution < -0.4 is 4.74 Å². The van der Waals surface area contributed by atoms with Gasteiger partial charge in [0.25, 0.3) is 0 Å². The second kappa shape index (κ2) is 6.44. The molecule has 0 aliphatic carbocycles. The highest BCUT2D eigenvalue weighted by Gasteiger charge is 2.24. The van der Waals surface area contributed by atoms with E-state index >= 15 is 0 Å². The van der Waals surface area contributed by atoms with E-state index in [2.05, 4.69) is 4.99 Å². The lowest BCUT2D eigenvalue weighted by Crippen LogP contribution is -2.05. The third-order valence-corrected chi connectivity index (χ3v) is 3.96. The molecule has 0 unspecified atom stereocenters. The van der Waals surface area contributed by atoms with Gasteiger partial charge in [-0.2, -0.15) is 0 Å². The first-order chi connectivity index (χ1) is 11.1. The van der Waals surface area contributed by atoms with E-state index in [4.69, 9.17) is 32.7 Å². The van der Waals surface area contributed by atoms with Gasteiger partial charge in [0.1, 0.15) is 5.75 Å². The minimum Gasteiger partial charge on any atom is -0.496 e. The number of para-hydroxylation sites is 1. The van der Waals surface area contributed by atoms with E-state index in [1.54, 1.807) is 37.5 Å². The maximum Gasteiger partial charge on any atom is 0.363 e. The Balaban J connectivity index is 1.98. The quantitative estimate of drug-likeness (QED) is 0.612. The van der Waals surface area contributed by atoms with Crippen molar-refractivity contribution >= 4 is 41.1 Å². The predicted molar refractivity (Wildman–Crippen MR) is 90.1 cm³/mol. The fourth-order valence-electron chi connectivity index (χ4n) is 2.09. The molecule has 0 spiro atoms. The number of aliphatic imine (C=N–C) groups is 1. The van der Waals surface area contributed by atoms with Crippen LogP contribution in [0.2, 0.25) is 10.0 Å². The summed E-state index contributed by atoms with van der Waals surface area (Å²) >= 11 is 11.9. The highest BCUT2D eigenvalue weighted by molar-refractivity contribution is 6.42. The van der Waals surface area contributed by atoms with Crippen molar-refractivity contribution in [1.29, 1.82) is 0 Å². The molecule has 1 heterocycles. The van der Waals surface area contributed by atoms with Crippen LogP contribution in [0.5, 0.6) is 5.75 Å². The molecule has 0 atom stereocenters. The smallest absolute Gasteiger partial charge is 0.363 e. The van der Waals surface area contributed by atoms with E-state index in [1.807, 2.05) is 18.2 Å². The summed E-state index contributed by atoms with van der Waals surface area (Å²) in [5, 5.41) is 0.787. The van der Waals surface area contributed by atoms with Crippen LogP contribution in [0, 0.1) is 0 Å². The van der Waals surface area contributed by atoms with Crippen LogP contribution in [0.25, 0.3) is 6.08 Å². The van der Waals surface area contributed by atoms with Crippen LogP contribution in [0.1, 0.15) is 11.1 Å². The zero-order valence-corrected chi connectivity index (χ0v) is 13.6. The Kier molecular flexibility index (Phi) is 4.37. The van der Waals surface area contributed by atoms with Crippen LogP contribution in [0.4, 0.5) is 0 Å². The minimum absolute atomic E-state index is 0.190. The Morgan fingerprint density at radius 3 is 2.65 bits per heavy atom. The number of benzene rings is 2. The van der Waals surface area contributed by atoms with Crippen molar-refractivity contribution in [2.75, 3.05) is 7.11 Å². The third kappa shape index (κ3) is 3.23. The van der Waals surface area contributed by atoms with Crippen LogP contribution in [-0.4, -0.2) is 19.0 Å². The van der Waals surface area contributed by atoms with E-state index in [9.17, 15) is 4.79 Å². The Morgan fingerprint density at radius 2 is 1.91 bits per heavy atom. The lowest BCUT2D eigenvalue weighted by molar-refractivity contribution is -0.129. The number of hydrogen-bond donors (Lipinski definition) is 0. The summed E-state index contributed by atoms with van der Waals surface area (Å²) in [6, 6.07) is 12.2. The molecule has 0 saturated carbocycles. The van der Waals surface area contributed by atoms with Gasteiger partial charge in [-0.3, -0.25) is 0 Å². The highest BCUT2D eigenvalue weighted by atomic mass is 35.5. The molecule has 0 bridgehead atoms. The average Bonchev–Trinajstić information content (AvgIpc) is 2.91. The van der Waals surface area contributed by atoms with Gasteiger partial charge in [0.15, 0.2) is 5.70 Å². The Hall–Kier alpha value is -2.30. The summed E-state index contributed by atoms with van der Waals surface area (Å²) in [4.78, 5) is 16.2. The molecule has 3 rings (SSSR count). The zero-order chi connectivity index (χ0) is 16.4. The Labute approximate surface area is 143 Å². The second-order valence-corrected chi connectivity index (χ2v) is 5.52. The minimum atomic E-state index is -0.531. The monoisotopic (exact) mass is 347 g/mol. The van der Waals surface area contributed by atoms with Gasteiger partial charge in [0.05, 0.1) is 17.2 Å². The molecule has 23 heavy (non-hydrogen) atoms. The molecule has 1 aliphatic heterocycles. The molecule has 0 amide bonds. The molecule has 0 fully saturated rings. The normalized spacial score (nSPS) is 15.5. The summed E-state index contributed by atoms with van der Waals surface area (Å²) in [7, 11) is 1.56. The van der Waals surface area contributed by atoms with E-state index < -0.39 is 5.97 Å². The van der Waals surface area contributed by atoms with Crippen LogP contribution >= 0.6 is 23.2 Å². The van der Waals surface area contributed by atoms with Gasteiger partial charge >= 0.3 is 5.97 Å². The average molecular weight is 348 g/mol. The number of hydrogen-bond acceptors (Lipinski definition) is 4. The summed E-state index contributed by atoms with van der Waals surface area (Å²) < 4.78 is 10.5. The second-order valence-electron chi connectivity index (χ2n) is 4.71. The number of cyclic esters (lactones) is 1. The van der Waals surface area contributed by atoms with Crippen molar-refractivity contribution in [3.8, 4) is 5.75 Å². The molecule has 6 heteroatoms. The molecule has 0 aromatic heterocycles. The molecule has 116 valence electrons. The topological polar surface area (TPSA) is 47.9 Å². The first-order valence-electron chi connectivity index (χ1n) is 6.69. The van der Waals surface area contributed by atoms with Gasteiger partial charge in [-0.25, -0.2) is 9.79 Å². The zero-order valence-electron chi connectivity index (χ0n) is 12.0. The SMILES string of the molecule is COc1ccccc1/C=C1\N=C(c2ccc(Cl)c(Cl)c2)OC1=O. The molecule has 0 saturated heterocycles. The predicted octanol–water partition coefficient (Wildman–Crippen LogP) is 4.35. The fraction of sp³-hybridized carbons (Fsp3) is 0.0588. The summed E-state index contributed by atoms with van der Waals surface area (Å²) in [6.45, 7) is 0. The van der Waals surface area contributed by atoms with Crippen LogP contribution in [-0.2, 0) is 9.53 Å². The van der Waals surface area contributed by atoms with Gasteiger partial charge in [0, 0.05) is 11.1 Å². The molecule has 1 aliphatic rings. The van der Waals surface area contributed by atoms with Gasteiger partial charge in [0.2, 0.25) is 5.90 Å². The standard InChI is InChI=1S/C17H11Cl2NO3/c1-22-15-5-3-2-4-10(15)9-14-17(21)23-16(20-14)11-6-7-12(18)13(19)8-11/h2-9H,1H3/b14-9-. The maximum absolute atomic E-state index is 12.0. The summed E-state index contributed by atoms with van der Waals surface area (Å²) in [6.07, 6.45) is 1.62. The van der Waals surface area contributed by atoms with E-state index in [0.29, 0.717) is 21.4 Å². The Bertz CT molecular complexity index is 843. The van der Waals surface area contributed by atoms with Crippen LogP contribution in [0.3, 0.4) is 0 Å². The number of nitrogens with zero attached hydrogens (tertiary/aromatic N) is 1. The van der Waals surface area contributed by atoms with Crippen molar-refractivity contribution in [2.45, 2.75) is 0 Å². The van der Waals surface area contributed by atoms with Gasteiger partial charge in [-0.1, -0.05) is 41.4 Å². The molecular weight excluding hydrogens is 337 g/mol. The summed E-state index contributed by atoms with van der Waals surface area (Å²) in [5.41, 5.74) is 1.51. The van der Waals surface area contributed by atoms with Gasteiger partial charge in [-0.15, -0.1) is 0 Å². The number of carbonyl (C=O) groups excluding carboxylic acids is 1. The van der Waals surface area contributed by atoms with E-state index in [1.165, 1.54) is 0 Å². The highest BCUT2D eigenvalue weighted by Crippen LogP contribution is 2.27. The van der Waals surface area contributed by atoms with Crippen molar-refractivity contribution in [3.63, 3.8) is 0 Å². The molecule has 0 N–H and O–H groups in total. The first kappa shape index (κ1) is 15.6. The fourth-order valence-corrected chi connectivity index (χ4v) is 2.39. The van der Waals surface area contributed by atoms with Crippen LogP contribution in [0.15, 0.2) is 53.2 Å². The lowest BCUT2D eigenvalue weighted by Gasteiger charge is -2.03. The van der Waals surface area contributed by atoms with Crippen molar-refractivity contribution < 1.29 is 14.3 Å². The number of halogens is 2. The van der Waals surface area contributed by atoms with Crippen molar-refractivity contribution in [2.24, 2.45) is 4.99 Å². The van der Waals surface area contributed by atoms with Crippen molar-refractivity contribution in [3.05, 3.63) is 69.3 Å². The first-order valence-corrected chi connectivity index (χ1v) is 7.45. The number of ether oxygens (including phenoxy) is 2. The number of rotatable bonds is 3. The van der Waals surface area contributed by atoms with Gasteiger partial charge in [-0.05, 0) is 30.3 Å². The number of carbonyl (C=O) groups is 1.